The van der Waals surface area contributed by atoms with Crippen molar-refractivity contribution in [3.8, 4) is 0 Å². The van der Waals surface area contributed by atoms with Crippen molar-refractivity contribution in [2.75, 3.05) is 13.1 Å². The Kier molecular flexibility index (Phi) is 7.74. The Hall–Kier alpha value is -0.820. The van der Waals surface area contributed by atoms with Gasteiger partial charge >= 0.3 is 0 Å². The molecule has 1 N–H and O–H groups in total. The average Bonchev–Trinajstić information content (AvgIpc) is 2.38. The fraction of sp³-hybridized carbons (Fsp3) is 0.625. The molecular weight excluding hydrogens is 206 g/mol. The highest BCUT2D eigenvalue weighted by Crippen LogP contribution is 2.12. The van der Waals surface area contributed by atoms with Crippen LogP contribution in [0.4, 0.5) is 0 Å². The minimum Gasteiger partial charge on any atom is -0.316 e. The molecule has 0 heterocycles. The predicted octanol–water partition coefficient (Wildman–Crippen LogP) is 4.35. The molecule has 0 radical (unpaired) electrons. The van der Waals surface area contributed by atoms with Crippen molar-refractivity contribution in [3.05, 3.63) is 35.9 Å². The van der Waals surface area contributed by atoms with Gasteiger partial charge in [0.1, 0.15) is 0 Å². The number of rotatable bonds is 9. The van der Waals surface area contributed by atoms with Gasteiger partial charge in [0, 0.05) is 6.54 Å². The lowest BCUT2D eigenvalue weighted by Gasteiger charge is -2.12. The molecule has 0 saturated heterocycles. The Morgan fingerprint density at radius 2 is 1.71 bits per heavy atom. The molecule has 0 aliphatic heterocycles. The summed E-state index contributed by atoms with van der Waals surface area (Å²) in [5.41, 5.74) is 1.44. The third-order valence-electron chi connectivity index (χ3n) is 3.28. The summed E-state index contributed by atoms with van der Waals surface area (Å²) in [6.45, 7) is 6.82. The topological polar surface area (TPSA) is 12.0 Å². The van der Waals surface area contributed by atoms with Gasteiger partial charge in [-0.15, -0.1) is 0 Å². The van der Waals surface area contributed by atoms with Crippen LogP contribution in [0.3, 0.4) is 0 Å². The summed E-state index contributed by atoms with van der Waals surface area (Å²) in [6.07, 6.45) is 6.81. The van der Waals surface area contributed by atoms with E-state index in [4.69, 9.17) is 0 Å². The van der Waals surface area contributed by atoms with Crippen LogP contribution in [-0.2, 0) is 0 Å². The van der Waals surface area contributed by atoms with Crippen molar-refractivity contribution in [1.29, 1.82) is 0 Å². The molecule has 0 fully saturated rings. The van der Waals surface area contributed by atoms with Crippen LogP contribution >= 0.6 is 0 Å². The van der Waals surface area contributed by atoms with E-state index in [0.29, 0.717) is 5.92 Å². The summed E-state index contributed by atoms with van der Waals surface area (Å²) in [5, 5.41) is 3.56. The zero-order chi connectivity index (χ0) is 12.3. The van der Waals surface area contributed by atoms with Crippen molar-refractivity contribution in [2.24, 2.45) is 0 Å². The summed E-state index contributed by atoms with van der Waals surface area (Å²) in [5.74, 6) is 0.617. The third kappa shape index (κ3) is 6.48. The lowest BCUT2D eigenvalue weighted by atomic mass is 10.0. The first-order valence-electron chi connectivity index (χ1n) is 7.10. The van der Waals surface area contributed by atoms with Gasteiger partial charge in [0.05, 0.1) is 0 Å². The zero-order valence-corrected chi connectivity index (χ0v) is 11.4. The maximum atomic E-state index is 3.56. The SMILES string of the molecule is CCCCCCCNC[C@@H](C)c1ccccc1. The molecule has 1 nitrogen and oxygen atoms in total. The molecule has 0 saturated carbocycles. The molecule has 0 aliphatic carbocycles. The third-order valence-corrected chi connectivity index (χ3v) is 3.28. The Bertz CT molecular complexity index is 268. The second-order valence-electron chi connectivity index (χ2n) is 4.93. The molecule has 1 atom stereocenters. The highest BCUT2D eigenvalue weighted by atomic mass is 14.8. The van der Waals surface area contributed by atoms with E-state index < -0.39 is 0 Å². The van der Waals surface area contributed by atoms with Gasteiger partial charge in [-0.3, -0.25) is 0 Å². The van der Waals surface area contributed by atoms with Gasteiger partial charge in [-0.25, -0.2) is 0 Å². The monoisotopic (exact) mass is 233 g/mol. The van der Waals surface area contributed by atoms with E-state index >= 15 is 0 Å². The number of unbranched alkanes of at least 4 members (excludes halogenated alkanes) is 4. The summed E-state index contributed by atoms with van der Waals surface area (Å²) < 4.78 is 0. The normalized spacial score (nSPS) is 12.6. The van der Waals surface area contributed by atoms with Crippen LogP contribution in [0.2, 0.25) is 0 Å². The zero-order valence-electron chi connectivity index (χ0n) is 11.4. The molecule has 96 valence electrons. The molecule has 0 aliphatic rings. The van der Waals surface area contributed by atoms with E-state index in [2.05, 4.69) is 49.5 Å². The van der Waals surface area contributed by atoms with Crippen LogP contribution in [0.25, 0.3) is 0 Å². The average molecular weight is 233 g/mol. The Morgan fingerprint density at radius 1 is 1.00 bits per heavy atom. The highest BCUT2D eigenvalue weighted by molar-refractivity contribution is 5.18. The lowest BCUT2D eigenvalue weighted by Crippen LogP contribution is -2.21. The molecule has 17 heavy (non-hydrogen) atoms. The van der Waals surface area contributed by atoms with Crippen molar-refractivity contribution in [1.82, 2.24) is 5.32 Å². The maximum absolute atomic E-state index is 3.56. The van der Waals surface area contributed by atoms with Gasteiger partial charge in [-0.1, -0.05) is 69.9 Å². The van der Waals surface area contributed by atoms with Crippen molar-refractivity contribution < 1.29 is 0 Å². The largest absolute Gasteiger partial charge is 0.316 e. The fourth-order valence-electron chi connectivity index (χ4n) is 2.07. The van der Waals surface area contributed by atoms with Crippen molar-refractivity contribution in [3.63, 3.8) is 0 Å². The lowest BCUT2D eigenvalue weighted by molar-refractivity contribution is 0.560. The molecule has 0 aromatic heterocycles. The van der Waals surface area contributed by atoms with Crippen molar-refractivity contribution >= 4 is 0 Å². The number of hydrogen-bond acceptors (Lipinski definition) is 1. The van der Waals surface area contributed by atoms with Gasteiger partial charge < -0.3 is 5.32 Å². The summed E-state index contributed by atoms with van der Waals surface area (Å²) in [4.78, 5) is 0. The first-order chi connectivity index (χ1) is 8.34. The van der Waals surface area contributed by atoms with Gasteiger partial charge in [-0.05, 0) is 24.4 Å². The van der Waals surface area contributed by atoms with E-state index in [9.17, 15) is 0 Å². The number of hydrogen-bond donors (Lipinski definition) is 1. The minimum atomic E-state index is 0.617. The summed E-state index contributed by atoms with van der Waals surface area (Å²) in [6, 6.07) is 10.8. The first kappa shape index (κ1) is 14.2. The molecule has 1 aromatic carbocycles. The van der Waals surface area contributed by atoms with Gasteiger partial charge in [0.15, 0.2) is 0 Å². The Balaban J connectivity index is 2.03. The summed E-state index contributed by atoms with van der Waals surface area (Å²) >= 11 is 0. The van der Waals surface area contributed by atoms with Crippen molar-refractivity contribution in [2.45, 2.75) is 51.9 Å². The predicted molar refractivity (Wildman–Crippen MR) is 76.5 cm³/mol. The Morgan fingerprint density at radius 3 is 2.41 bits per heavy atom. The summed E-state index contributed by atoms with van der Waals surface area (Å²) in [7, 11) is 0. The van der Waals surface area contributed by atoms with Crippen LogP contribution < -0.4 is 5.32 Å². The fourth-order valence-corrected chi connectivity index (χ4v) is 2.07. The van der Waals surface area contributed by atoms with Crippen LogP contribution in [0, 0.1) is 0 Å². The second kappa shape index (κ2) is 9.23. The molecule has 1 aromatic rings. The van der Waals surface area contributed by atoms with Crippen LogP contribution in [0.15, 0.2) is 30.3 Å². The van der Waals surface area contributed by atoms with Gasteiger partial charge in [0.2, 0.25) is 0 Å². The quantitative estimate of drug-likeness (QED) is 0.625. The highest BCUT2D eigenvalue weighted by Gasteiger charge is 2.03. The molecular formula is C16H27N. The maximum Gasteiger partial charge on any atom is 0.00174 e. The van der Waals surface area contributed by atoms with E-state index in [1.54, 1.807) is 0 Å². The smallest absolute Gasteiger partial charge is 0.00174 e. The molecule has 0 spiro atoms. The molecule has 1 rings (SSSR count). The first-order valence-corrected chi connectivity index (χ1v) is 7.10. The van der Waals surface area contributed by atoms with Gasteiger partial charge in [0.25, 0.3) is 0 Å². The Labute approximate surface area is 107 Å². The van der Waals surface area contributed by atoms with Crippen LogP contribution in [0.1, 0.15) is 57.4 Å². The van der Waals surface area contributed by atoms with E-state index in [-0.39, 0.29) is 0 Å². The van der Waals surface area contributed by atoms with E-state index in [1.165, 1.54) is 44.2 Å². The molecule has 0 amide bonds. The standard InChI is InChI=1S/C16H27N/c1-3-4-5-6-10-13-17-14-15(2)16-11-8-7-9-12-16/h7-9,11-12,15,17H,3-6,10,13-14H2,1-2H3/t15-/m1/s1. The minimum absolute atomic E-state index is 0.617. The molecule has 0 bridgehead atoms. The number of benzene rings is 1. The van der Waals surface area contributed by atoms with Crippen LogP contribution in [-0.4, -0.2) is 13.1 Å². The van der Waals surface area contributed by atoms with E-state index in [0.717, 1.165) is 6.54 Å². The van der Waals surface area contributed by atoms with Gasteiger partial charge in [-0.2, -0.15) is 0 Å². The van der Waals surface area contributed by atoms with Crippen LogP contribution in [0.5, 0.6) is 0 Å². The molecule has 1 heteroatoms. The number of nitrogens with one attached hydrogen (secondary N) is 1. The van der Waals surface area contributed by atoms with E-state index in [1.807, 2.05) is 0 Å². The second-order valence-corrected chi connectivity index (χ2v) is 4.93. The molecule has 0 unspecified atom stereocenters.